The fourth-order valence-electron chi connectivity index (χ4n) is 3.73. The van der Waals surface area contributed by atoms with Crippen LogP contribution in [0, 0.1) is 0 Å². The number of hydrogen-bond donors (Lipinski definition) is 2. The summed E-state index contributed by atoms with van der Waals surface area (Å²) in [5.41, 5.74) is 1.09. The van der Waals surface area contributed by atoms with Gasteiger partial charge in [-0.3, -0.25) is 14.4 Å². The first-order valence-electron chi connectivity index (χ1n) is 11.5. The van der Waals surface area contributed by atoms with Crippen molar-refractivity contribution in [2.45, 2.75) is 39.2 Å². The second kappa shape index (κ2) is 12.5. The number of nitrogens with zero attached hydrogens (tertiary/aromatic N) is 3. The van der Waals surface area contributed by atoms with Crippen molar-refractivity contribution < 1.29 is 19.1 Å². The van der Waals surface area contributed by atoms with E-state index >= 15 is 0 Å². The van der Waals surface area contributed by atoms with Gasteiger partial charge in [0.15, 0.2) is 5.13 Å². The average molecular weight is 488 g/mol. The molecule has 2 heterocycles. The normalized spacial score (nSPS) is 13.6. The molecule has 1 aliphatic heterocycles. The summed E-state index contributed by atoms with van der Waals surface area (Å²) >= 11 is 1.26. The molecule has 184 valence electrons. The summed E-state index contributed by atoms with van der Waals surface area (Å²) in [6, 6.07) is 6.61. The van der Waals surface area contributed by atoms with Crippen LogP contribution >= 0.6 is 11.3 Å². The molecule has 0 aliphatic carbocycles. The Bertz CT molecular complexity index is 970. The summed E-state index contributed by atoms with van der Waals surface area (Å²) in [6.07, 6.45) is 2.62. The molecule has 1 aromatic carbocycles. The maximum Gasteiger partial charge on any atom is 0.254 e. The van der Waals surface area contributed by atoms with Gasteiger partial charge in [-0.05, 0) is 64.0 Å². The Labute approximate surface area is 204 Å². The van der Waals surface area contributed by atoms with Crippen molar-refractivity contribution >= 4 is 34.2 Å². The number of ether oxygens (including phenoxy) is 1. The SMILES string of the molecule is COc1ccc(C(=O)N(CC(=O)Nc2nc(CC(=O)NCCN3CCCC3)cs2)C(C)C)cc1. The number of anilines is 1. The number of thiazole rings is 1. The van der Waals surface area contributed by atoms with Crippen LogP contribution in [0.2, 0.25) is 0 Å². The number of carbonyl (C=O) groups is 3. The van der Waals surface area contributed by atoms with E-state index in [0.29, 0.717) is 28.7 Å². The molecule has 2 N–H and O–H groups in total. The minimum absolute atomic E-state index is 0.0848. The first-order chi connectivity index (χ1) is 16.4. The van der Waals surface area contributed by atoms with Crippen LogP contribution in [0.15, 0.2) is 29.6 Å². The molecule has 3 amide bonds. The van der Waals surface area contributed by atoms with E-state index < -0.39 is 0 Å². The van der Waals surface area contributed by atoms with E-state index in [1.165, 1.54) is 29.1 Å². The number of amides is 3. The summed E-state index contributed by atoms with van der Waals surface area (Å²) in [6.45, 7) is 7.31. The minimum Gasteiger partial charge on any atom is -0.497 e. The highest BCUT2D eigenvalue weighted by molar-refractivity contribution is 7.13. The Kier molecular flexibility index (Phi) is 9.41. The molecular formula is C24H33N5O4S. The monoisotopic (exact) mass is 487 g/mol. The second-order valence-corrected chi connectivity index (χ2v) is 9.38. The number of hydrogen-bond acceptors (Lipinski definition) is 7. The first kappa shape index (κ1) is 25.6. The second-order valence-electron chi connectivity index (χ2n) is 8.52. The Morgan fingerprint density at radius 1 is 1.15 bits per heavy atom. The summed E-state index contributed by atoms with van der Waals surface area (Å²) in [5.74, 6) is -0.00607. The number of benzene rings is 1. The molecular weight excluding hydrogens is 454 g/mol. The Hall–Kier alpha value is -2.98. The number of aromatic nitrogens is 1. The van der Waals surface area contributed by atoms with Crippen molar-refractivity contribution in [2.24, 2.45) is 0 Å². The lowest BCUT2D eigenvalue weighted by atomic mass is 10.1. The highest BCUT2D eigenvalue weighted by Gasteiger charge is 2.22. The Balaban J connectivity index is 1.48. The number of carbonyl (C=O) groups excluding carboxylic acids is 3. The molecule has 0 saturated carbocycles. The lowest BCUT2D eigenvalue weighted by Gasteiger charge is -2.26. The lowest BCUT2D eigenvalue weighted by Crippen LogP contribution is -2.42. The molecule has 2 aromatic rings. The molecule has 1 aromatic heterocycles. The van der Waals surface area contributed by atoms with Crippen molar-refractivity contribution in [1.29, 1.82) is 0 Å². The van der Waals surface area contributed by atoms with E-state index in [1.54, 1.807) is 36.8 Å². The van der Waals surface area contributed by atoms with Gasteiger partial charge in [-0.25, -0.2) is 4.98 Å². The number of nitrogens with one attached hydrogen (secondary N) is 2. The number of rotatable bonds is 11. The van der Waals surface area contributed by atoms with Crippen LogP contribution in [0.25, 0.3) is 0 Å². The molecule has 3 rings (SSSR count). The van der Waals surface area contributed by atoms with Crippen LogP contribution < -0.4 is 15.4 Å². The Morgan fingerprint density at radius 2 is 1.85 bits per heavy atom. The van der Waals surface area contributed by atoms with Gasteiger partial charge in [0, 0.05) is 30.1 Å². The van der Waals surface area contributed by atoms with Gasteiger partial charge in [-0.15, -0.1) is 11.3 Å². The van der Waals surface area contributed by atoms with E-state index in [1.807, 2.05) is 13.8 Å². The van der Waals surface area contributed by atoms with Crippen molar-refractivity contribution in [3.8, 4) is 5.75 Å². The molecule has 0 unspecified atom stereocenters. The third kappa shape index (κ3) is 7.53. The fourth-order valence-corrected chi connectivity index (χ4v) is 4.46. The molecule has 10 heteroatoms. The summed E-state index contributed by atoms with van der Waals surface area (Å²) in [7, 11) is 1.56. The van der Waals surface area contributed by atoms with Crippen LogP contribution in [0.3, 0.4) is 0 Å². The van der Waals surface area contributed by atoms with E-state index in [-0.39, 0.29) is 36.7 Å². The zero-order valence-electron chi connectivity index (χ0n) is 20.0. The molecule has 1 aliphatic rings. The molecule has 0 spiro atoms. The van der Waals surface area contributed by atoms with Gasteiger partial charge in [0.2, 0.25) is 11.8 Å². The standard InChI is InChI=1S/C24H33N5O4S/c1-17(2)29(23(32)18-6-8-20(33-3)9-7-18)15-22(31)27-24-26-19(16-34-24)14-21(30)25-10-13-28-11-4-5-12-28/h6-9,16-17H,4-5,10-15H2,1-3H3,(H,25,30)(H,26,27,31). The van der Waals surface area contributed by atoms with Gasteiger partial charge in [0.1, 0.15) is 12.3 Å². The van der Waals surface area contributed by atoms with Crippen LogP contribution in [0.5, 0.6) is 5.75 Å². The zero-order chi connectivity index (χ0) is 24.5. The summed E-state index contributed by atoms with van der Waals surface area (Å²) in [5, 5.41) is 7.84. The fraction of sp³-hybridized carbons (Fsp3) is 0.500. The van der Waals surface area contributed by atoms with Crippen LogP contribution in [0.1, 0.15) is 42.7 Å². The average Bonchev–Trinajstić information content (AvgIpc) is 3.49. The van der Waals surface area contributed by atoms with Crippen LogP contribution in [0.4, 0.5) is 5.13 Å². The van der Waals surface area contributed by atoms with Gasteiger partial charge in [-0.2, -0.15) is 0 Å². The van der Waals surface area contributed by atoms with E-state index in [4.69, 9.17) is 4.74 Å². The molecule has 1 saturated heterocycles. The number of methoxy groups -OCH3 is 1. The van der Waals surface area contributed by atoms with E-state index in [0.717, 1.165) is 19.6 Å². The summed E-state index contributed by atoms with van der Waals surface area (Å²) in [4.78, 5) is 45.9. The smallest absolute Gasteiger partial charge is 0.254 e. The van der Waals surface area contributed by atoms with Crippen molar-refractivity contribution in [2.75, 3.05) is 45.2 Å². The topological polar surface area (TPSA) is 104 Å². The van der Waals surface area contributed by atoms with Crippen LogP contribution in [-0.2, 0) is 16.0 Å². The molecule has 9 nitrogen and oxygen atoms in total. The Morgan fingerprint density at radius 3 is 2.50 bits per heavy atom. The minimum atomic E-state index is -0.341. The third-order valence-electron chi connectivity index (χ3n) is 5.62. The predicted molar refractivity (Wildman–Crippen MR) is 132 cm³/mol. The largest absolute Gasteiger partial charge is 0.497 e. The highest BCUT2D eigenvalue weighted by atomic mass is 32.1. The first-order valence-corrected chi connectivity index (χ1v) is 12.4. The lowest BCUT2D eigenvalue weighted by molar-refractivity contribution is -0.120. The predicted octanol–water partition coefficient (Wildman–Crippen LogP) is 2.40. The highest BCUT2D eigenvalue weighted by Crippen LogP contribution is 2.17. The molecule has 34 heavy (non-hydrogen) atoms. The van der Waals surface area contributed by atoms with Crippen LogP contribution in [-0.4, -0.2) is 78.4 Å². The van der Waals surface area contributed by atoms with E-state index in [2.05, 4.69) is 20.5 Å². The van der Waals surface area contributed by atoms with Gasteiger partial charge < -0.3 is 25.2 Å². The number of likely N-dealkylation sites (tertiary alicyclic amines) is 1. The molecule has 0 radical (unpaired) electrons. The van der Waals surface area contributed by atoms with E-state index in [9.17, 15) is 14.4 Å². The van der Waals surface area contributed by atoms with Crippen molar-refractivity contribution in [1.82, 2.24) is 20.1 Å². The maximum atomic E-state index is 12.9. The quantitative estimate of drug-likeness (QED) is 0.505. The van der Waals surface area contributed by atoms with Gasteiger partial charge >= 0.3 is 0 Å². The third-order valence-corrected chi connectivity index (χ3v) is 6.43. The zero-order valence-corrected chi connectivity index (χ0v) is 20.8. The maximum absolute atomic E-state index is 12.9. The van der Waals surface area contributed by atoms with Gasteiger partial charge in [0.05, 0.1) is 19.2 Å². The van der Waals surface area contributed by atoms with Crippen molar-refractivity contribution in [3.63, 3.8) is 0 Å². The molecule has 1 fully saturated rings. The van der Waals surface area contributed by atoms with Crippen molar-refractivity contribution in [3.05, 3.63) is 40.9 Å². The van der Waals surface area contributed by atoms with Gasteiger partial charge in [-0.1, -0.05) is 0 Å². The van der Waals surface area contributed by atoms with Gasteiger partial charge in [0.25, 0.3) is 5.91 Å². The molecule has 0 bridgehead atoms. The molecule has 0 atom stereocenters. The summed E-state index contributed by atoms with van der Waals surface area (Å²) < 4.78 is 5.13.